The number of esters is 3. The number of carbonyl (C=O) groups excluding carboxylic acids is 3. The van der Waals surface area contributed by atoms with Crippen molar-refractivity contribution in [2.24, 2.45) is 0 Å². The largest absolute Gasteiger partial charge is 0.462 e. The van der Waals surface area contributed by atoms with Crippen LogP contribution in [0.5, 0.6) is 0 Å². The molecule has 0 aromatic rings. The van der Waals surface area contributed by atoms with Gasteiger partial charge in [-0.15, -0.1) is 0 Å². The summed E-state index contributed by atoms with van der Waals surface area (Å²) < 4.78 is 17.0. The first-order chi connectivity index (χ1) is 35.5. The van der Waals surface area contributed by atoms with Crippen molar-refractivity contribution in [2.75, 3.05) is 13.2 Å². The van der Waals surface area contributed by atoms with E-state index < -0.39 is 6.10 Å². The Hall–Kier alpha value is -1.59. The van der Waals surface area contributed by atoms with Crippen molar-refractivity contribution < 1.29 is 28.6 Å². The third kappa shape index (κ3) is 59.3. The molecule has 6 heteroatoms. The lowest BCUT2D eigenvalue weighted by atomic mass is 10.0. The zero-order valence-electron chi connectivity index (χ0n) is 49.2. The molecule has 72 heavy (non-hydrogen) atoms. The molecule has 0 heterocycles. The van der Waals surface area contributed by atoms with Gasteiger partial charge in [0.15, 0.2) is 6.10 Å². The summed E-state index contributed by atoms with van der Waals surface area (Å²) in [6.07, 6.45) is 71.1. The van der Waals surface area contributed by atoms with Crippen molar-refractivity contribution in [3.05, 3.63) is 0 Å². The molecule has 1 atom stereocenters. The molecular weight excluding hydrogens is 889 g/mol. The van der Waals surface area contributed by atoms with E-state index in [1.165, 1.54) is 289 Å². The maximum atomic E-state index is 12.9. The van der Waals surface area contributed by atoms with E-state index in [-0.39, 0.29) is 31.1 Å². The Bertz CT molecular complexity index is 1080. The Morgan fingerprint density at radius 1 is 0.222 bits per heavy atom. The first-order valence-corrected chi connectivity index (χ1v) is 33.0. The second kappa shape index (κ2) is 62.0. The van der Waals surface area contributed by atoms with E-state index in [1.807, 2.05) is 0 Å². The highest BCUT2D eigenvalue weighted by Gasteiger charge is 2.19. The minimum absolute atomic E-state index is 0.0604. The molecule has 0 saturated heterocycles. The highest BCUT2D eigenvalue weighted by atomic mass is 16.6. The monoisotopic (exact) mass is 1020 g/mol. The predicted octanol–water partition coefficient (Wildman–Crippen LogP) is 22.3. The molecule has 0 aromatic heterocycles. The molecule has 0 spiro atoms. The van der Waals surface area contributed by atoms with Crippen molar-refractivity contribution in [1.82, 2.24) is 0 Å². The zero-order chi connectivity index (χ0) is 52.2. The summed E-state index contributed by atoms with van der Waals surface area (Å²) >= 11 is 0. The summed E-state index contributed by atoms with van der Waals surface area (Å²) in [6, 6.07) is 0. The fraction of sp³-hybridized carbons (Fsp3) is 0.955. The van der Waals surface area contributed by atoms with E-state index in [4.69, 9.17) is 14.2 Å². The normalized spacial score (nSPS) is 11.9. The van der Waals surface area contributed by atoms with Crippen molar-refractivity contribution in [2.45, 2.75) is 393 Å². The number of hydrogen-bond donors (Lipinski definition) is 0. The summed E-state index contributed by atoms with van der Waals surface area (Å²) in [5, 5.41) is 0. The molecule has 0 aliphatic carbocycles. The average molecular weight is 1020 g/mol. The van der Waals surface area contributed by atoms with Gasteiger partial charge in [0.05, 0.1) is 0 Å². The Labute approximate surface area is 450 Å². The molecule has 1 unspecified atom stereocenters. The van der Waals surface area contributed by atoms with Gasteiger partial charge in [-0.1, -0.05) is 348 Å². The number of ether oxygens (including phenoxy) is 3. The van der Waals surface area contributed by atoms with Gasteiger partial charge in [0, 0.05) is 19.3 Å². The third-order valence-corrected chi connectivity index (χ3v) is 15.4. The second-order valence-electron chi connectivity index (χ2n) is 22.8. The zero-order valence-corrected chi connectivity index (χ0v) is 49.2. The Kier molecular flexibility index (Phi) is 60.6. The van der Waals surface area contributed by atoms with Crippen LogP contribution in [0.1, 0.15) is 387 Å². The van der Waals surface area contributed by atoms with Gasteiger partial charge in [-0.3, -0.25) is 14.4 Å². The summed E-state index contributed by atoms with van der Waals surface area (Å²) in [5.41, 5.74) is 0. The van der Waals surface area contributed by atoms with Gasteiger partial charge in [0.1, 0.15) is 13.2 Å². The lowest BCUT2D eigenvalue weighted by molar-refractivity contribution is -0.167. The molecule has 0 bridgehead atoms. The van der Waals surface area contributed by atoms with Crippen LogP contribution in [0.3, 0.4) is 0 Å². The van der Waals surface area contributed by atoms with Crippen LogP contribution in [-0.4, -0.2) is 37.2 Å². The maximum Gasteiger partial charge on any atom is 0.306 e. The molecule has 0 aliphatic rings. The lowest BCUT2D eigenvalue weighted by Gasteiger charge is -2.18. The van der Waals surface area contributed by atoms with Gasteiger partial charge in [-0.25, -0.2) is 0 Å². The fourth-order valence-corrected chi connectivity index (χ4v) is 10.4. The highest BCUT2D eigenvalue weighted by Crippen LogP contribution is 2.19. The van der Waals surface area contributed by atoms with Crippen molar-refractivity contribution in [3.63, 3.8) is 0 Å². The van der Waals surface area contributed by atoms with Gasteiger partial charge < -0.3 is 14.2 Å². The maximum absolute atomic E-state index is 12.9. The first kappa shape index (κ1) is 70.4. The minimum Gasteiger partial charge on any atom is -0.462 e. The summed E-state index contributed by atoms with van der Waals surface area (Å²) in [6.45, 7) is 6.73. The molecule has 0 rings (SSSR count). The number of rotatable bonds is 62. The minimum atomic E-state index is -0.762. The van der Waals surface area contributed by atoms with Crippen LogP contribution in [0.25, 0.3) is 0 Å². The van der Waals surface area contributed by atoms with Crippen LogP contribution < -0.4 is 0 Å². The van der Waals surface area contributed by atoms with E-state index in [9.17, 15) is 14.4 Å². The number of hydrogen-bond acceptors (Lipinski definition) is 6. The fourth-order valence-electron chi connectivity index (χ4n) is 10.4. The van der Waals surface area contributed by atoms with Crippen LogP contribution in [0, 0.1) is 0 Å². The number of carbonyl (C=O) groups is 3. The molecule has 0 amide bonds. The lowest BCUT2D eigenvalue weighted by Crippen LogP contribution is -2.30. The molecule has 0 saturated carbocycles. The van der Waals surface area contributed by atoms with Crippen LogP contribution in [0.4, 0.5) is 0 Å². The molecule has 0 N–H and O–H groups in total. The van der Waals surface area contributed by atoms with Crippen LogP contribution in [0.15, 0.2) is 0 Å². The van der Waals surface area contributed by atoms with Gasteiger partial charge in [-0.2, -0.15) is 0 Å². The van der Waals surface area contributed by atoms with Gasteiger partial charge in [-0.05, 0) is 19.3 Å². The number of unbranched alkanes of at least 4 members (excludes halogenated alkanes) is 51. The van der Waals surface area contributed by atoms with E-state index in [1.54, 1.807) is 0 Å². The van der Waals surface area contributed by atoms with Crippen molar-refractivity contribution in [3.8, 4) is 0 Å². The van der Waals surface area contributed by atoms with Crippen LogP contribution in [0.2, 0.25) is 0 Å². The van der Waals surface area contributed by atoms with Crippen molar-refractivity contribution in [1.29, 1.82) is 0 Å². The molecule has 0 radical (unpaired) electrons. The summed E-state index contributed by atoms with van der Waals surface area (Å²) in [7, 11) is 0. The summed E-state index contributed by atoms with van der Waals surface area (Å²) in [4.78, 5) is 38.3. The average Bonchev–Trinajstić information content (AvgIpc) is 3.38. The molecule has 0 aromatic carbocycles. The van der Waals surface area contributed by atoms with E-state index >= 15 is 0 Å². The van der Waals surface area contributed by atoms with E-state index in [2.05, 4.69) is 20.8 Å². The summed E-state index contributed by atoms with van der Waals surface area (Å²) in [5.74, 6) is -0.823. The van der Waals surface area contributed by atoms with Gasteiger partial charge >= 0.3 is 17.9 Å². The smallest absolute Gasteiger partial charge is 0.306 e. The quantitative estimate of drug-likeness (QED) is 0.0343. The molecule has 6 nitrogen and oxygen atoms in total. The predicted molar refractivity (Wildman–Crippen MR) is 312 cm³/mol. The third-order valence-electron chi connectivity index (χ3n) is 15.4. The topological polar surface area (TPSA) is 78.9 Å². The molecular formula is C66H128O6. The Morgan fingerprint density at radius 3 is 0.556 bits per heavy atom. The van der Waals surface area contributed by atoms with E-state index in [0.717, 1.165) is 57.8 Å². The molecule has 0 fully saturated rings. The Morgan fingerprint density at radius 2 is 0.375 bits per heavy atom. The van der Waals surface area contributed by atoms with Crippen molar-refractivity contribution >= 4 is 17.9 Å². The van der Waals surface area contributed by atoms with E-state index in [0.29, 0.717) is 19.3 Å². The molecule has 428 valence electrons. The van der Waals surface area contributed by atoms with Gasteiger partial charge in [0.25, 0.3) is 0 Å². The first-order valence-electron chi connectivity index (χ1n) is 33.0. The SMILES string of the molecule is CCCCCCCCCCCCCCCCCCCCCCCC(=O)OCC(COC(=O)CCCCCCCCCCCCCCCC)OC(=O)CCCCCCCCCCCCCCCCCCCCC. The van der Waals surface area contributed by atoms with Crippen LogP contribution >= 0.6 is 0 Å². The second-order valence-corrected chi connectivity index (χ2v) is 22.8. The highest BCUT2D eigenvalue weighted by molar-refractivity contribution is 5.71. The molecule has 0 aliphatic heterocycles. The Balaban J connectivity index is 4.24. The van der Waals surface area contributed by atoms with Crippen LogP contribution in [-0.2, 0) is 28.6 Å². The standard InChI is InChI=1S/C66H128O6/c1-4-7-10-13-16-19-22-25-28-30-32-33-35-36-38-41-44-47-50-53-56-59-65(68)71-62-63(61-70-64(67)58-55-52-49-46-43-40-27-24-21-18-15-12-9-6-3)72-66(69)60-57-54-51-48-45-42-39-37-34-31-29-26-23-20-17-14-11-8-5-2/h63H,4-62H2,1-3H3. The van der Waals surface area contributed by atoms with Gasteiger partial charge in [0.2, 0.25) is 0 Å².